The van der Waals surface area contributed by atoms with Gasteiger partial charge in [-0.05, 0) is 42.4 Å². The minimum Gasteiger partial charge on any atom is -0.468 e. The van der Waals surface area contributed by atoms with Crippen LogP contribution in [-0.4, -0.2) is 32.2 Å². The van der Waals surface area contributed by atoms with Crippen molar-refractivity contribution in [3.05, 3.63) is 29.3 Å². The van der Waals surface area contributed by atoms with E-state index in [0.717, 1.165) is 18.7 Å². The number of nitrogens with two attached hydrogens (primary N) is 1. The fourth-order valence-electron chi connectivity index (χ4n) is 2.93. The van der Waals surface area contributed by atoms with E-state index in [-0.39, 0.29) is 5.97 Å². The van der Waals surface area contributed by atoms with E-state index in [1.54, 1.807) is 0 Å². The molecule has 0 saturated carbocycles. The van der Waals surface area contributed by atoms with Crippen molar-refractivity contribution in [3.8, 4) is 0 Å². The highest BCUT2D eigenvalue weighted by atomic mass is 16.5. The Morgan fingerprint density at radius 3 is 2.57 bits per heavy atom. The van der Waals surface area contributed by atoms with E-state index in [1.807, 2.05) is 0 Å². The van der Waals surface area contributed by atoms with Crippen LogP contribution in [0.15, 0.2) is 18.2 Å². The Morgan fingerprint density at radius 2 is 2.00 bits per heavy atom. The molecular weight excluding hydrogens is 264 g/mol. The van der Waals surface area contributed by atoms with Gasteiger partial charge >= 0.3 is 5.97 Å². The standard InChI is InChI=1S/C17H26N2O2/c1-12(2)14-10-13(11-15(18)17(20)21-3)6-7-16(14)19-8-4-5-9-19/h6-7,10,12,15H,4-5,8-9,11,18H2,1-3H3. The van der Waals surface area contributed by atoms with Crippen molar-refractivity contribution >= 4 is 11.7 Å². The molecule has 1 fully saturated rings. The molecule has 2 rings (SSSR count). The van der Waals surface area contributed by atoms with Crippen molar-refractivity contribution in [1.82, 2.24) is 0 Å². The Bertz CT molecular complexity index is 494. The van der Waals surface area contributed by atoms with Gasteiger partial charge in [0.05, 0.1) is 7.11 Å². The quantitative estimate of drug-likeness (QED) is 0.846. The molecule has 1 aliphatic heterocycles. The first-order chi connectivity index (χ1) is 10.0. The number of benzene rings is 1. The number of anilines is 1. The highest BCUT2D eigenvalue weighted by Gasteiger charge is 2.19. The van der Waals surface area contributed by atoms with Crippen molar-refractivity contribution in [2.45, 2.75) is 45.1 Å². The summed E-state index contributed by atoms with van der Waals surface area (Å²) < 4.78 is 4.69. The average molecular weight is 290 g/mol. The SMILES string of the molecule is COC(=O)C(N)Cc1ccc(N2CCCC2)c(C(C)C)c1. The highest BCUT2D eigenvalue weighted by molar-refractivity contribution is 5.75. The van der Waals surface area contributed by atoms with Gasteiger partial charge in [0.15, 0.2) is 0 Å². The van der Waals surface area contributed by atoms with Crippen LogP contribution in [0.3, 0.4) is 0 Å². The Hall–Kier alpha value is -1.55. The van der Waals surface area contributed by atoms with Crippen molar-refractivity contribution in [3.63, 3.8) is 0 Å². The molecule has 0 bridgehead atoms. The number of esters is 1. The third-order valence-corrected chi connectivity index (χ3v) is 4.12. The highest BCUT2D eigenvalue weighted by Crippen LogP contribution is 2.31. The van der Waals surface area contributed by atoms with Gasteiger partial charge in [0.1, 0.15) is 6.04 Å². The molecule has 4 heteroatoms. The molecule has 1 unspecified atom stereocenters. The molecule has 2 N–H and O–H groups in total. The second-order valence-corrected chi connectivity index (χ2v) is 6.08. The summed E-state index contributed by atoms with van der Waals surface area (Å²) in [5.74, 6) is 0.0969. The second-order valence-electron chi connectivity index (χ2n) is 6.08. The molecule has 0 aromatic heterocycles. The second kappa shape index (κ2) is 6.94. The molecular formula is C17H26N2O2. The lowest BCUT2D eigenvalue weighted by atomic mass is 9.95. The van der Waals surface area contributed by atoms with Crippen molar-refractivity contribution in [2.75, 3.05) is 25.1 Å². The van der Waals surface area contributed by atoms with Crippen LogP contribution < -0.4 is 10.6 Å². The van der Waals surface area contributed by atoms with E-state index in [4.69, 9.17) is 10.5 Å². The van der Waals surface area contributed by atoms with Crippen molar-refractivity contribution in [2.24, 2.45) is 5.73 Å². The van der Waals surface area contributed by atoms with Gasteiger partial charge in [0.2, 0.25) is 0 Å². The lowest BCUT2D eigenvalue weighted by Crippen LogP contribution is -2.33. The maximum atomic E-state index is 11.5. The molecule has 1 aliphatic rings. The Balaban J connectivity index is 2.21. The normalized spacial score (nSPS) is 16.3. The summed E-state index contributed by atoms with van der Waals surface area (Å²) >= 11 is 0. The molecule has 0 amide bonds. The number of nitrogens with zero attached hydrogens (tertiary/aromatic N) is 1. The summed E-state index contributed by atoms with van der Waals surface area (Å²) in [7, 11) is 1.37. The minimum absolute atomic E-state index is 0.357. The van der Waals surface area contributed by atoms with Gasteiger partial charge in [0, 0.05) is 18.8 Å². The van der Waals surface area contributed by atoms with Gasteiger partial charge in [0.25, 0.3) is 0 Å². The summed E-state index contributed by atoms with van der Waals surface area (Å²) in [6.45, 7) is 6.69. The minimum atomic E-state index is -0.590. The lowest BCUT2D eigenvalue weighted by molar-refractivity contribution is -0.142. The summed E-state index contributed by atoms with van der Waals surface area (Å²) in [6.07, 6.45) is 3.06. The number of carbonyl (C=O) groups excluding carboxylic acids is 1. The number of carbonyl (C=O) groups is 1. The number of methoxy groups -OCH3 is 1. The maximum Gasteiger partial charge on any atom is 0.322 e. The predicted molar refractivity (Wildman–Crippen MR) is 85.7 cm³/mol. The molecule has 116 valence electrons. The van der Waals surface area contributed by atoms with Crippen molar-refractivity contribution < 1.29 is 9.53 Å². The average Bonchev–Trinajstić information content (AvgIpc) is 3.00. The molecule has 1 aromatic rings. The largest absolute Gasteiger partial charge is 0.468 e. The first-order valence-electron chi connectivity index (χ1n) is 7.74. The summed E-state index contributed by atoms with van der Waals surface area (Å²) in [4.78, 5) is 13.9. The monoisotopic (exact) mass is 290 g/mol. The molecule has 4 nitrogen and oxygen atoms in total. The van der Waals surface area contributed by atoms with E-state index < -0.39 is 6.04 Å². The van der Waals surface area contributed by atoms with Crippen LogP contribution in [0.4, 0.5) is 5.69 Å². The van der Waals surface area contributed by atoms with Gasteiger partial charge < -0.3 is 15.4 Å². The summed E-state index contributed by atoms with van der Waals surface area (Å²) in [5, 5.41) is 0. The van der Waals surface area contributed by atoms with Crippen LogP contribution in [0.25, 0.3) is 0 Å². The molecule has 21 heavy (non-hydrogen) atoms. The zero-order valence-corrected chi connectivity index (χ0v) is 13.3. The molecule has 0 radical (unpaired) electrons. The van der Waals surface area contributed by atoms with Crippen LogP contribution in [-0.2, 0) is 16.0 Å². The maximum absolute atomic E-state index is 11.5. The van der Waals surface area contributed by atoms with E-state index in [9.17, 15) is 4.79 Å². The van der Waals surface area contributed by atoms with E-state index in [2.05, 4.69) is 36.9 Å². The predicted octanol–water partition coefficient (Wildman–Crippen LogP) is 2.45. The smallest absolute Gasteiger partial charge is 0.322 e. The first kappa shape index (κ1) is 15.8. The molecule has 1 atom stereocenters. The van der Waals surface area contributed by atoms with Crippen LogP contribution in [0.1, 0.15) is 43.7 Å². The fourth-order valence-corrected chi connectivity index (χ4v) is 2.93. The zero-order chi connectivity index (χ0) is 15.4. The van der Waals surface area contributed by atoms with Gasteiger partial charge in [-0.3, -0.25) is 4.79 Å². The fraction of sp³-hybridized carbons (Fsp3) is 0.588. The molecule has 1 aromatic carbocycles. The molecule has 0 spiro atoms. The lowest BCUT2D eigenvalue weighted by Gasteiger charge is -2.24. The van der Waals surface area contributed by atoms with Crippen LogP contribution >= 0.6 is 0 Å². The molecule has 0 aliphatic carbocycles. The number of hydrogen-bond donors (Lipinski definition) is 1. The summed E-state index contributed by atoms with van der Waals surface area (Å²) in [5.41, 5.74) is 9.63. The van der Waals surface area contributed by atoms with Crippen LogP contribution in [0.2, 0.25) is 0 Å². The summed E-state index contributed by atoms with van der Waals surface area (Å²) in [6, 6.07) is 5.87. The zero-order valence-electron chi connectivity index (χ0n) is 13.3. The third-order valence-electron chi connectivity index (χ3n) is 4.12. The van der Waals surface area contributed by atoms with Crippen LogP contribution in [0.5, 0.6) is 0 Å². The van der Waals surface area contributed by atoms with E-state index in [0.29, 0.717) is 12.3 Å². The van der Waals surface area contributed by atoms with E-state index in [1.165, 1.54) is 31.2 Å². The molecule has 1 saturated heterocycles. The molecule has 1 heterocycles. The van der Waals surface area contributed by atoms with Crippen molar-refractivity contribution in [1.29, 1.82) is 0 Å². The Morgan fingerprint density at radius 1 is 1.33 bits per heavy atom. The Labute approximate surface area is 127 Å². The third kappa shape index (κ3) is 3.76. The van der Waals surface area contributed by atoms with Gasteiger partial charge in [-0.2, -0.15) is 0 Å². The number of rotatable bonds is 5. The van der Waals surface area contributed by atoms with Gasteiger partial charge in [-0.15, -0.1) is 0 Å². The van der Waals surface area contributed by atoms with E-state index >= 15 is 0 Å². The number of hydrogen-bond acceptors (Lipinski definition) is 4. The topological polar surface area (TPSA) is 55.6 Å². The van der Waals surface area contributed by atoms with Gasteiger partial charge in [-0.1, -0.05) is 26.0 Å². The van der Waals surface area contributed by atoms with Gasteiger partial charge in [-0.25, -0.2) is 0 Å². The number of ether oxygens (including phenoxy) is 1. The first-order valence-corrected chi connectivity index (χ1v) is 7.74. The van der Waals surface area contributed by atoms with Crippen LogP contribution in [0, 0.1) is 0 Å². The Kier molecular flexibility index (Phi) is 5.23.